The number of carbonyl (C=O) groups is 2. The molecule has 0 unspecified atom stereocenters. The lowest BCUT2D eigenvalue weighted by atomic mass is 9.87. The van der Waals surface area contributed by atoms with Crippen LogP contribution in [0.4, 0.5) is 5.82 Å². The standard InChI is InChI=1S/C30H31ClN4O4S/c1-30(2,3)28-26-27(19-7-5-8-20(31)15-19)40-18-25(37)34(17-24(36)32-16-23-9-6-14-39-23)29(26)35(33-28)21-10-12-22(38-4)13-11-21/h5-15,27H,16-18H2,1-4H3,(H,32,36)/t27-/m1/s1. The summed E-state index contributed by atoms with van der Waals surface area (Å²) < 4.78 is 12.5. The number of nitrogens with one attached hydrogen (secondary N) is 1. The van der Waals surface area contributed by atoms with Crippen LogP contribution in [-0.2, 0) is 21.5 Å². The van der Waals surface area contributed by atoms with Gasteiger partial charge in [-0.1, -0.05) is 44.5 Å². The van der Waals surface area contributed by atoms with Crippen LogP contribution in [0.25, 0.3) is 5.69 Å². The van der Waals surface area contributed by atoms with Gasteiger partial charge in [0.2, 0.25) is 11.8 Å². The third kappa shape index (κ3) is 5.76. The Balaban J connectivity index is 1.67. The molecule has 2 aromatic heterocycles. The zero-order valence-corrected chi connectivity index (χ0v) is 24.4. The molecule has 1 N–H and O–H groups in total. The second-order valence-corrected chi connectivity index (χ2v) is 12.1. The minimum Gasteiger partial charge on any atom is -0.497 e. The molecule has 1 aliphatic rings. The first kappa shape index (κ1) is 27.9. The number of hydrogen-bond acceptors (Lipinski definition) is 6. The van der Waals surface area contributed by atoms with Crippen LogP contribution < -0.4 is 15.0 Å². The fraction of sp³-hybridized carbons (Fsp3) is 0.300. The smallest absolute Gasteiger partial charge is 0.240 e. The van der Waals surface area contributed by atoms with Crippen LogP contribution in [0.15, 0.2) is 71.3 Å². The van der Waals surface area contributed by atoms with Gasteiger partial charge < -0.3 is 14.5 Å². The van der Waals surface area contributed by atoms with Crippen molar-refractivity contribution in [2.45, 2.75) is 38.0 Å². The molecule has 2 aromatic carbocycles. The van der Waals surface area contributed by atoms with Gasteiger partial charge in [-0.25, -0.2) is 4.68 Å². The Labute approximate surface area is 242 Å². The molecule has 2 amide bonds. The van der Waals surface area contributed by atoms with E-state index in [0.29, 0.717) is 22.4 Å². The largest absolute Gasteiger partial charge is 0.497 e. The quantitative estimate of drug-likeness (QED) is 0.293. The lowest BCUT2D eigenvalue weighted by Gasteiger charge is -2.24. The highest BCUT2D eigenvalue weighted by Gasteiger charge is 2.40. The molecule has 0 aliphatic carbocycles. The minimum absolute atomic E-state index is 0.166. The highest BCUT2D eigenvalue weighted by atomic mass is 35.5. The number of hydrogen-bond donors (Lipinski definition) is 1. The van der Waals surface area contributed by atoms with Crippen molar-refractivity contribution in [1.29, 1.82) is 0 Å². The van der Waals surface area contributed by atoms with Crippen LogP contribution in [0.5, 0.6) is 5.75 Å². The third-order valence-electron chi connectivity index (χ3n) is 6.61. The molecule has 8 nitrogen and oxygen atoms in total. The highest BCUT2D eigenvalue weighted by molar-refractivity contribution is 8.00. The van der Waals surface area contributed by atoms with Crippen molar-refractivity contribution in [2.75, 3.05) is 24.3 Å². The molecular weight excluding hydrogens is 548 g/mol. The summed E-state index contributed by atoms with van der Waals surface area (Å²) in [6, 6.07) is 18.7. The number of halogens is 1. The van der Waals surface area contributed by atoms with E-state index in [-0.39, 0.29) is 41.3 Å². The summed E-state index contributed by atoms with van der Waals surface area (Å²) in [4.78, 5) is 28.5. The van der Waals surface area contributed by atoms with Crippen molar-refractivity contribution in [3.05, 3.63) is 94.5 Å². The number of rotatable bonds is 7. The van der Waals surface area contributed by atoms with E-state index < -0.39 is 0 Å². The summed E-state index contributed by atoms with van der Waals surface area (Å²) >= 11 is 7.93. The number of thioether (sulfide) groups is 1. The van der Waals surface area contributed by atoms with Crippen LogP contribution in [0.3, 0.4) is 0 Å². The van der Waals surface area contributed by atoms with Gasteiger partial charge in [-0.2, -0.15) is 5.10 Å². The second-order valence-electron chi connectivity index (χ2n) is 10.5. The van der Waals surface area contributed by atoms with Crippen LogP contribution in [0.1, 0.15) is 48.6 Å². The number of furan rings is 1. The summed E-state index contributed by atoms with van der Waals surface area (Å²) in [6.07, 6.45) is 1.56. The molecule has 4 aromatic rings. The van der Waals surface area contributed by atoms with E-state index in [1.54, 1.807) is 35.1 Å². The number of fused-ring (bicyclic) bond motifs is 1. The zero-order valence-electron chi connectivity index (χ0n) is 22.8. The fourth-order valence-electron chi connectivity index (χ4n) is 4.71. The number of carbonyl (C=O) groups excluding carboxylic acids is 2. The van der Waals surface area contributed by atoms with Gasteiger partial charge >= 0.3 is 0 Å². The lowest BCUT2D eigenvalue weighted by Crippen LogP contribution is -2.42. The molecule has 0 bridgehead atoms. The molecule has 5 rings (SSSR count). The van der Waals surface area contributed by atoms with Crippen molar-refractivity contribution in [3.63, 3.8) is 0 Å². The molecule has 3 heterocycles. The molecule has 0 radical (unpaired) electrons. The Morgan fingerprint density at radius 3 is 2.60 bits per heavy atom. The van der Waals surface area contributed by atoms with Crippen molar-refractivity contribution in [2.24, 2.45) is 0 Å². The maximum Gasteiger partial charge on any atom is 0.240 e. The Kier molecular flexibility index (Phi) is 7.96. The first-order chi connectivity index (χ1) is 19.2. The van der Waals surface area contributed by atoms with Gasteiger partial charge in [-0.05, 0) is 54.1 Å². The molecule has 10 heteroatoms. The molecule has 40 heavy (non-hydrogen) atoms. The number of nitrogens with zero attached hydrogens (tertiary/aromatic N) is 3. The summed E-state index contributed by atoms with van der Waals surface area (Å²) in [5, 5.41) is 8.35. The third-order valence-corrected chi connectivity index (χ3v) is 8.10. The van der Waals surface area contributed by atoms with Gasteiger partial charge in [0.05, 0.1) is 42.3 Å². The van der Waals surface area contributed by atoms with Crippen molar-refractivity contribution >= 4 is 41.0 Å². The SMILES string of the molecule is COc1ccc(-n2nc(C(C)(C)C)c3c2N(CC(=O)NCc2ccco2)C(=O)CS[C@@H]3c2cccc(Cl)c2)cc1. The molecule has 0 fully saturated rings. The summed E-state index contributed by atoms with van der Waals surface area (Å²) in [5.41, 5.74) is 3.08. The average molecular weight is 579 g/mol. The monoisotopic (exact) mass is 578 g/mol. The number of methoxy groups -OCH3 is 1. The predicted octanol–water partition coefficient (Wildman–Crippen LogP) is 5.91. The number of anilines is 1. The first-order valence-electron chi connectivity index (χ1n) is 12.9. The lowest BCUT2D eigenvalue weighted by molar-refractivity contribution is -0.123. The molecular formula is C30H31ClN4O4S. The van der Waals surface area contributed by atoms with Crippen molar-refractivity contribution in [1.82, 2.24) is 15.1 Å². The van der Waals surface area contributed by atoms with E-state index in [9.17, 15) is 9.59 Å². The molecule has 0 spiro atoms. The summed E-state index contributed by atoms with van der Waals surface area (Å²) in [7, 11) is 1.61. The van der Waals surface area contributed by atoms with Crippen molar-refractivity contribution < 1.29 is 18.7 Å². The molecule has 1 aliphatic heterocycles. The van der Waals surface area contributed by atoms with Crippen LogP contribution >= 0.6 is 23.4 Å². The van der Waals surface area contributed by atoms with Gasteiger partial charge in [0, 0.05) is 16.0 Å². The predicted molar refractivity (Wildman–Crippen MR) is 157 cm³/mol. The number of aromatic nitrogens is 2. The van der Waals surface area contributed by atoms with E-state index in [4.69, 9.17) is 25.9 Å². The average Bonchev–Trinajstić information content (AvgIpc) is 3.56. The number of amides is 2. The van der Waals surface area contributed by atoms with E-state index >= 15 is 0 Å². The normalized spacial score (nSPS) is 15.5. The Hall–Kier alpha value is -3.69. The van der Waals surface area contributed by atoms with E-state index in [0.717, 1.165) is 22.5 Å². The Morgan fingerprint density at radius 1 is 1.18 bits per heavy atom. The zero-order chi connectivity index (χ0) is 28.4. The van der Waals surface area contributed by atoms with Crippen LogP contribution in [0.2, 0.25) is 5.02 Å². The van der Waals surface area contributed by atoms with Crippen LogP contribution in [-0.4, -0.2) is 41.0 Å². The highest BCUT2D eigenvalue weighted by Crippen LogP contribution is 2.48. The first-order valence-corrected chi connectivity index (χ1v) is 14.3. The Morgan fingerprint density at radius 2 is 1.95 bits per heavy atom. The molecule has 1 atom stereocenters. The van der Waals surface area contributed by atoms with Gasteiger partial charge in [0.1, 0.15) is 23.9 Å². The van der Waals surface area contributed by atoms with Gasteiger partial charge in [0.25, 0.3) is 0 Å². The summed E-state index contributed by atoms with van der Waals surface area (Å²) in [5.74, 6) is 1.61. The molecule has 0 saturated carbocycles. The minimum atomic E-state index is -0.361. The maximum absolute atomic E-state index is 13.8. The van der Waals surface area contributed by atoms with Gasteiger partial charge in [0.15, 0.2) is 0 Å². The van der Waals surface area contributed by atoms with E-state index in [1.165, 1.54) is 11.8 Å². The van der Waals surface area contributed by atoms with Crippen molar-refractivity contribution in [3.8, 4) is 11.4 Å². The Bertz CT molecular complexity index is 1510. The second kappa shape index (κ2) is 11.4. The maximum atomic E-state index is 13.8. The van der Waals surface area contributed by atoms with E-state index in [2.05, 4.69) is 26.1 Å². The molecule has 208 valence electrons. The van der Waals surface area contributed by atoms with Gasteiger partial charge in [-0.3, -0.25) is 14.5 Å². The summed E-state index contributed by atoms with van der Waals surface area (Å²) in [6.45, 7) is 6.36. The van der Waals surface area contributed by atoms with Gasteiger partial charge in [-0.15, -0.1) is 11.8 Å². The fourth-order valence-corrected chi connectivity index (χ4v) is 6.09. The van der Waals surface area contributed by atoms with E-state index in [1.807, 2.05) is 48.5 Å². The van der Waals surface area contributed by atoms with Crippen LogP contribution in [0, 0.1) is 0 Å². The number of ether oxygens (including phenoxy) is 1. The topological polar surface area (TPSA) is 89.6 Å². The number of benzene rings is 2. The molecule has 0 saturated heterocycles.